The highest BCUT2D eigenvalue weighted by molar-refractivity contribution is 7.89. The van der Waals surface area contributed by atoms with Crippen molar-refractivity contribution in [2.75, 3.05) is 25.6 Å². The third-order valence-electron chi connectivity index (χ3n) is 2.47. The smallest absolute Gasteiger partial charge is 0.250 e. The van der Waals surface area contributed by atoms with Gasteiger partial charge in [-0.1, -0.05) is 6.07 Å². The van der Waals surface area contributed by atoms with Crippen molar-refractivity contribution >= 4 is 21.6 Å². The summed E-state index contributed by atoms with van der Waals surface area (Å²) in [6.07, 6.45) is 0. The van der Waals surface area contributed by atoms with E-state index >= 15 is 0 Å². The van der Waals surface area contributed by atoms with Crippen molar-refractivity contribution in [2.45, 2.75) is 18.7 Å². The molecule has 0 atom stereocenters. The van der Waals surface area contributed by atoms with Gasteiger partial charge in [0.2, 0.25) is 15.9 Å². The molecule has 0 saturated heterocycles. The molecule has 1 rings (SSSR count). The molecule has 0 aromatic heterocycles. The number of hydrogen-bond acceptors (Lipinski definition) is 4. The molecular weight excluding hydrogens is 268 g/mol. The first-order chi connectivity index (χ1) is 8.90. The minimum Gasteiger partial charge on any atom is -0.372 e. The van der Waals surface area contributed by atoms with E-state index in [4.69, 9.17) is 4.74 Å². The molecule has 0 spiro atoms. The Bertz CT molecular complexity index is 555. The van der Waals surface area contributed by atoms with Crippen molar-refractivity contribution in [3.8, 4) is 0 Å². The summed E-state index contributed by atoms with van der Waals surface area (Å²) in [5, 5.41) is 2.58. The number of ether oxygens (including phenoxy) is 1. The first-order valence-electron chi connectivity index (χ1n) is 5.82. The van der Waals surface area contributed by atoms with Gasteiger partial charge in [-0.05, 0) is 38.6 Å². The number of amides is 1. The Morgan fingerprint density at radius 2 is 2.05 bits per heavy atom. The molecule has 0 unspecified atom stereocenters. The molecule has 0 aliphatic carbocycles. The second kappa shape index (κ2) is 6.65. The normalized spacial score (nSPS) is 11.3. The molecule has 0 aliphatic rings. The Morgan fingerprint density at radius 3 is 2.63 bits per heavy atom. The van der Waals surface area contributed by atoms with Crippen LogP contribution < -0.4 is 10.0 Å². The Kier molecular flexibility index (Phi) is 5.46. The summed E-state index contributed by atoms with van der Waals surface area (Å²) in [5.74, 6) is -0.321. The highest BCUT2D eigenvalue weighted by atomic mass is 32.2. The van der Waals surface area contributed by atoms with E-state index in [0.29, 0.717) is 17.9 Å². The summed E-state index contributed by atoms with van der Waals surface area (Å²) < 4.78 is 30.8. The summed E-state index contributed by atoms with van der Waals surface area (Å²) >= 11 is 0. The molecule has 6 nitrogen and oxygen atoms in total. The molecule has 106 valence electrons. The maximum absolute atomic E-state index is 11.8. The van der Waals surface area contributed by atoms with E-state index in [1.165, 1.54) is 13.1 Å². The van der Waals surface area contributed by atoms with Crippen molar-refractivity contribution in [3.63, 3.8) is 0 Å². The van der Waals surface area contributed by atoms with Crippen LogP contribution in [0.15, 0.2) is 23.1 Å². The summed E-state index contributed by atoms with van der Waals surface area (Å²) in [5.41, 5.74) is 1.03. The van der Waals surface area contributed by atoms with Gasteiger partial charge in [-0.15, -0.1) is 0 Å². The standard InChI is InChI=1S/C12H18N2O4S/c1-4-18-8-12(15)14-10-6-5-9(2)11(7-10)19(16,17)13-3/h5-7,13H,4,8H2,1-3H3,(H,14,15). The number of aryl methyl sites for hydroxylation is 1. The highest BCUT2D eigenvalue weighted by Crippen LogP contribution is 2.19. The van der Waals surface area contributed by atoms with Crippen LogP contribution in [0.4, 0.5) is 5.69 Å². The van der Waals surface area contributed by atoms with Gasteiger partial charge in [0.05, 0.1) is 4.90 Å². The van der Waals surface area contributed by atoms with E-state index in [1.54, 1.807) is 26.0 Å². The van der Waals surface area contributed by atoms with Crippen LogP contribution >= 0.6 is 0 Å². The van der Waals surface area contributed by atoms with E-state index < -0.39 is 10.0 Å². The zero-order valence-electron chi connectivity index (χ0n) is 11.2. The zero-order valence-corrected chi connectivity index (χ0v) is 12.0. The molecule has 0 bridgehead atoms. The number of anilines is 1. The molecule has 0 heterocycles. The van der Waals surface area contributed by atoms with Crippen molar-refractivity contribution in [1.29, 1.82) is 0 Å². The molecule has 0 radical (unpaired) electrons. The summed E-state index contributed by atoms with van der Waals surface area (Å²) in [6, 6.07) is 4.71. The van der Waals surface area contributed by atoms with Crippen molar-refractivity contribution in [1.82, 2.24) is 4.72 Å². The van der Waals surface area contributed by atoms with E-state index in [1.807, 2.05) is 0 Å². The van der Waals surface area contributed by atoms with Gasteiger partial charge in [-0.25, -0.2) is 13.1 Å². The molecule has 1 aromatic rings. The van der Waals surface area contributed by atoms with Crippen LogP contribution in [0.2, 0.25) is 0 Å². The van der Waals surface area contributed by atoms with E-state index in [-0.39, 0.29) is 17.4 Å². The third-order valence-corrected chi connectivity index (χ3v) is 4.02. The van der Waals surface area contributed by atoms with Gasteiger partial charge in [-0.3, -0.25) is 4.79 Å². The predicted molar refractivity (Wildman–Crippen MR) is 72.5 cm³/mol. The largest absolute Gasteiger partial charge is 0.372 e. The molecule has 0 aliphatic heterocycles. The van der Waals surface area contributed by atoms with Crippen LogP contribution in [0.5, 0.6) is 0 Å². The fourth-order valence-corrected chi connectivity index (χ4v) is 2.46. The predicted octanol–water partition coefficient (Wildman–Crippen LogP) is 0.878. The first kappa shape index (κ1) is 15.6. The lowest BCUT2D eigenvalue weighted by atomic mass is 10.2. The van der Waals surface area contributed by atoms with E-state index in [2.05, 4.69) is 10.0 Å². The van der Waals surface area contributed by atoms with Gasteiger partial charge in [0.1, 0.15) is 6.61 Å². The van der Waals surface area contributed by atoms with Crippen LogP contribution in [0, 0.1) is 6.92 Å². The average molecular weight is 286 g/mol. The SMILES string of the molecule is CCOCC(=O)Nc1ccc(C)c(S(=O)(=O)NC)c1. The fourth-order valence-electron chi connectivity index (χ4n) is 1.47. The number of hydrogen-bond donors (Lipinski definition) is 2. The Hall–Kier alpha value is -1.44. The van der Waals surface area contributed by atoms with Gasteiger partial charge < -0.3 is 10.1 Å². The lowest BCUT2D eigenvalue weighted by Crippen LogP contribution is -2.21. The quantitative estimate of drug-likeness (QED) is 0.813. The fraction of sp³-hybridized carbons (Fsp3) is 0.417. The number of nitrogens with one attached hydrogen (secondary N) is 2. The van der Waals surface area contributed by atoms with Crippen molar-refractivity contribution in [2.24, 2.45) is 0 Å². The van der Waals surface area contributed by atoms with Crippen LogP contribution in [-0.4, -0.2) is 34.6 Å². The lowest BCUT2D eigenvalue weighted by Gasteiger charge is -2.10. The van der Waals surface area contributed by atoms with Gasteiger partial charge in [0, 0.05) is 12.3 Å². The van der Waals surface area contributed by atoms with Crippen LogP contribution in [-0.2, 0) is 19.6 Å². The number of benzene rings is 1. The van der Waals surface area contributed by atoms with E-state index in [9.17, 15) is 13.2 Å². The maximum Gasteiger partial charge on any atom is 0.250 e. The molecule has 1 amide bonds. The molecule has 2 N–H and O–H groups in total. The Morgan fingerprint density at radius 1 is 1.37 bits per heavy atom. The molecule has 7 heteroatoms. The minimum atomic E-state index is -3.54. The molecule has 0 fully saturated rings. The molecular formula is C12H18N2O4S. The number of carbonyl (C=O) groups excluding carboxylic acids is 1. The average Bonchev–Trinajstić information content (AvgIpc) is 2.38. The second-order valence-electron chi connectivity index (χ2n) is 3.87. The second-order valence-corrected chi connectivity index (χ2v) is 5.73. The Balaban J connectivity index is 2.94. The highest BCUT2D eigenvalue weighted by Gasteiger charge is 2.15. The van der Waals surface area contributed by atoms with Crippen LogP contribution in [0.3, 0.4) is 0 Å². The zero-order chi connectivity index (χ0) is 14.5. The van der Waals surface area contributed by atoms with Crippen LogP contribution in [0.25, 0.3) is 0 Å². The number of carbonyl (C=O) groups is 1. The van der Waals surface area contributed by atoms with Crippen molar-refractivity contribution < 1.29 is 17.9 Å². The van der Waals surface area contributed by atoms with Gasteiger partial charge in [-0.2, -0.15) is 0 Å². The van der Waals surface area contributed by atoms with Crippen LogP contribution in [0.1, 0.15) is 12.5 Å². The minimum absolute atomic E-state index is 0.0571. The number of rotatable bonds is 6. The van der Waals surface area contributed by atoms with Gasteiger partial charge in [0.15, 0.2) is 0 Å². The monoisotopic (exact) mass is 286 g/mol. The third kappa shape index (κ3) is 4.30. The van der Waals surface area contributed by atoms with E-state index in [0.717, 1.165) is 0 Å². The summed E-state index contributed by atoms with van der Waals surface area (Å²) in [4.78, 5) is 11.6. The summed E-state index contributed by atoms with van der Waals surface area (Å²) in [6.45, 7) is 3.87. The Labute approximate surface area is 113 Å². The van der Waals surface area contributed by atoms with Gasteiger partial charge in [0.25, 0.3) is 0 Å². The molecule has 1 aromatic carbocycles. The molecule has 19 heavy (non-hydrogen) atoms. The van der Waals surface area contributed by atoms with Crippen molar-refractivity contribution in [3.05, 3.63) is 23.8 Å². The first-order valence-corrected chi connectivity index (χ1v) is 7.30. The number of sulfonamides is 1. The molecule has 0 saturated carbocycles. The lowest BCUT2D eigenvalue weighted by molar-refractivity contribution is -0.120. The van der Waals surface area contributed by atoms with Gasteiger partial charge >= 0.3 is 0 Å². The maximum atomic E-state index is 11.8. The topological polar surface area (TPSA) is 84.5 Å². The summed E-state index contributed by atoms with van der Waals surface area (Å²) in [7, 11) is -2.19.